The van der Waals surface area contributed by atoms with Gasteiger partial charge in [-0.1, -0.05) is 0 Å². The molecule has 2 atom stereocenters. The van der Waals surface area contributed by atoms with Gasteiger partial charge in [-0.05, 0) is 0 Å². The number of aliphatic hydroxyl groups excluding tert-OH is 2. The smallest absolute Gasteiger partial charge is 0.138 e. The quantitative estimate of drug-likeness (QED) is 0.430. The van der Waals surface area contributed by atoms with Crippen molar-refractivity contribution in [3.8, 4) is 0 Å². The predicted octanol–water partition coefficient (Wildman–Crippen LogP) is -0.929. The van der Waals surface area contributed by atoms with Crippen LogP contribution in [0.2, 0.25) is 0 Å². The Morgan fingerprint density at radius 3 is 1.75 bits per heavy atom. The summed E-state index contributed by atoms with van der Waals surface area (Å²) in [6.45, 7) is 0. The zero-order valence-corrected chi connectivity index (χ0v) is 4.37. The molecule has 1 saturated carbocycles. The van der Waals surface area contributed by atoms with Crippen LogP contribution in [-0.2, 0) is 4.79 Å². The molecule has 2 N–H and O–H groups in total. The first-order valence-corrected chi connectivity index (χ1v) is 2.58. The van der Waals surface area contributed by atoms with Gasteiger partial charge in [0.15, 0.2) is 0 Å². The van der Waals surface area contributed by atoms with E-state index >= 15 is 0 Å². The zero-order valence-electron chi connectivity index (χ0n) is 4.37. The highest BCUT2D eigenvalue weighted by molar-refractivity contribution is 5.81. The van der Waals surface area contributed by atoms with Crippen LogP contribution in [0, 0.1) is 0 Å². The third-order valence-electron chi connectivity index (χ3n) is 1.32. The summed E-state index contributed by atoms with van der Waals surface area (Å²) in [4.78, 5) is 10.3. The third kappa shape index (κ3) is 0.877. The van der Waals surface area contributed by atoms with Gasteiger partial charge in [-0.25, -0.2) is 0 Å². The van der Waals surface area contributed by atoms with Gasteiger partial charge in [0.25, 0.3) is 0 Å². The van der Waals surface area contributed by atoms with Gasteiger partial charge in [-0.3, -0.25) is 4.79 Å². The van der Waals surface area contributed by atoms with E-state index in [1.807, 2.05) is 0 Å². The summed E-state index contributed by atoms with van der Waals surface area (Å²) in [5.41, 5.74) is 0. The number of hydrogen-bond donors (Lipinski definition) is 2. The van der Waals surface area contributed by atoms with Crippen molar-refractivity contribution in [1.29, 1.82) is 0 Å². The molecule has 1 fully saturated rings. The van der Waals surface area contributed by atoms with Gasteiger partial charge in [-0.2, -0.15) is 0 Å². The van der Waals surface area contributed by atoms with E-state index in [2.05, 4.69) is 0 Å². The van der Waals surface area contributed by atoms with Crippen molar-refractivity contribution >= 4 is 5.78 Å². The van der Waals surface area contributed by atoms with Crippen LogP contribution in [0.25, 0.3) is 0 Å². The minimum Gasteiger partial charge on any atom is -0.390 e. The minimum absolute atomic E-state index is 0.0509. The van der Waals surface area contributed by atoms with Crippen LogP contribution < -0.4 is 0 Å². The molecular weight excluding hydrogens is 108 g/mol. The highest BCUT2D eigenvalue weighted by atomic mass is 16.3. The van der Waals surface area contributed by atoms with Crippen molar-refractivity contribution in [2.45, 2.75) is 25.0 Å². The Morgan fingerprint density at radius 1 is 1.25 bits per heavy atom. The van der Waals surface area contributed by atoms with Gasteiger partial charge >= 0.3 is 0 Å². The average molecular weight is 116 g/mol. The Morgan fingerprint density at radius 2 is 1.62 bits per heavy atom. The van der Waals surface area contributed by atoms with E-state index in [0.29, 0.717) is 0 Å². The molecule has 0 saturated heterocycles. The zero-order chi connectivity index (χ0) is 6.15. The number of carbonyl (C=O) groups is 1. The Hall–Kier alpha value is -0.410. The van der Waals surface area contributed by atoms with Gasteiger partial charge in [-0.15, -0.1) is 0 Å². The van der Waals surface area contributed by atoms with Crippen LogP contribution in [0.15, 0.2) is 0 Å². The lowest BCUT2D eigenvalue weighted by molar-refractivity contribution is -0.118. The Balaban J connectivity index is 2.51. The highest BCUT2D eigenvalue weighted by Crippen LogP contribution is 2.14. The molecule has 0 heterocycles. The van der Waals surface area contributed by atoms with E-state index in [-0.39, 0.29) is 18.6 Å². The molecular formula is C5H8O3. The van der Waals surface area contributed by atoms with Crippen LogP contribution in [0.4, 0.5) is 0 Å². The summed E-state index contributed by atoms with van der Waals surface area (Å²) in [5, 5.41) is 17.4. The average Bonchev–Trinajstić information content (AvgIpc) is 1.85. The Kier molecular flexibility index (Phi) is 1.31. The molecule has 3 nitrogen and oxygen atoms in total. The molecule has 1 aliphatic carbocycles. The van der Waals surface area contributed by atoms with Crippen LogP contribution in [-0.4, -0.2) is 28.2 Å². The van der Waals surface area contributed by atoms with Gasteiger partial charge in [0.1, 0.15) is 5.78 Å². The number of rotatable bonds is 0. The first-order chi connectivity index (χ1) is 3.70. The van der Waals surface area contributed by atoms with Crippen molar-refractivity contribution in [3.05, 3.63) is 0 Å². The Bertz CT molecular complexity index is 98.2. The van der Waals surface area contributed by atoms with Crippen molar-refractivity contribution in [2.75, 3.05) is 0 Å². The maximum Gasteiger partial charge on any atom is 0.138 e. The van der Waals surface area contributed by atoms with Crippen molar-refractivity contribution in [1.82, 2.24) is 0 Å². The maximum atomic E-state index is 10.3. The second-order valence-corrected chi connectivity index (χ2v) is 2.08. The van der Waals surface area contributed by atoms with E-state index < -0.39 is 12.2 Å². The molecule has 0 radical (unpaired) electrons. The molecule has 0 aromatic rings. The normalized spacial score (nSPS) is 38.5. The molecule has 3 heteroatoms. The number of ketones is 1. The molecule has 1 rings (SSSR count). The molecule has 0 spiro atoms. The van der Waals surface area contributed by atoms with Crippen LogP contribution in [0.3, 0.4) is 0 Å². The maximum absolute atomic E-state index is 10.3. The number of hydrogen-bond acceptors (Lipinski definition) is 3. The second-order valence-electron chi connectivity index (χ2n) is 2.08. The molecule has 1 aliphatic rings. The fraction of sp³-hybridized carbons (Fsp3) is 0.800. The Labute approximate surface area is 46.9 Å². The van der Waals surface area contributed by atoms with E-state index in [1.165, 1.54) is 0 Å². The van der Waals surface area contributed by atoms with Gasteiger partial charge in [0, 0.05) is 12.8 Å². The lowest BCUT2D eigenvalue weighted by Crippen LogP contribution is -2.17. The summed E-state index contributed by atoms with van der Waals surface area (Å²) in [6, 6.07) is 0. The first-order valence-electron chi connectivity index (χ1n) is 2.58. The standard InChI is InChI=1S/C5H8O3/c6-3-1-4(7)5(8)2-3/h4-5,7-8H,1-2H2/t4-,5-/m0/s1. The molecule has 0 bridgehead atoms. The molecule has 0 aromatic heterocycles. The van der Waals surface area contributed by atoms with Gasteiger partial charge in [0.05, 0.1) is 12.2 Å². The van der Waals surface area contributed by atoms with Crippen LogP contribution >= 0.6 is 0 Å². The van der Waals surface area contributed by atoms with E-state index in [0.717, 1.165) is 0 Å². The third-order valence-corrected chi connectivity index (χ3v) is 1.32. The summed E-state index contributed by atoms with van der Waals surface area (Å²) in [6.07, 6.45) is -1.35. The molecule has 8 heavy (non-hydrogen) atoms. The minimum atomic E-state index is -0.803. The monoisotopic (exact) mass is 116 g/mol. The molecule has 0 unspecified atom stereocenters. The van der Waals surface area contributed by atoms with Crippen molar-refractivity contribution < 1.29 is 15.0 Å². The highest BCUT2D eigenvalue weighted by Gasteiger charge is 2.28. The largest absolute Gasteiger partial charge is 0.390 e. The van der Waals surface area contributed by atoms with Crippen molar-refractivity contribution in [3.63, 3.8) is 0 Å². The molecule has 46 valence electrons. The summed E-state index contributed by atoms with van der Waals surface area (Å²) in [5.74, 6) is -0.0509. The second kappa shape index (κ2) is 1.84. The first kappa shape index (κ1) is 5.72. The van der Waals surface area contributed by atoms with E-state index in [4.69, 9.17) is 10.2 Å². The number of carbonyl (C=O) groups excluding carboxylic acids is 1. The fourth-order valence-electron chi connectivity index (χ4n) is 0.822. The molecule has 0 aliphatic heterocycles. The lowest BCUT2D eigenvalue weighted by atomic mass is 10.3. The van der Waals surface area contributed by atoms with Gasteiger partial charge in [0.2, 0.25) is 0 Å². The SMILES string of the molecule is O=C1C[C@H](O)[C@@H](O)C1. The number of aliphatic hydroxyl groups is 2. The van der Waals surface area contributed by atoms with Crippen LogP contribution in [0.1, 0.15) is 12.8 Å². The summed E-state index contributed by atoms with van der Waals surface area (Å²) >= 11 is 0. The van der Waals surface area contributed by atoms with E-state index in [1.54, 1.807) is 0 Å². The predicted molar refractivity (Wildman–Crippen MR) is 26.3 cm³/mol. The van der Waals surface area contributed by atoms with Gasteiger partial charge < -0.3 is 10.2 Å². The molecule has 0 aromatic carbocycles. The lowest BCUT2D eigenvalue weighted by Gasteiger charge is -2.01. The van der Waals surface area contributed by atoms with Crippen molar-refractivity contribution in [2.24, 2.45) is 0 Å². The number of Topliss-reactive ketones (excluding diaryl/α,β-unsaturated/α-hetero) is 1. The fourth-order valence-corrected chi connectivity index (χ4v) is 0.822. The summed E-state index contributed by atoms with van der Waals surface area (Å²) < 4.78 is 0. The molecule has 0 amide bonds. The summed E-state index contributed by atoms with van der Waals surface area (Å²) in [7, 11) is 0. The van der Waals surface area contributed by atoms with Crippen LogP contribution in [0.5, 0.6) is 0 Å². The topological polar surface area (TPSA) is 57.5 Å². The van der Waals surface area contributed by atoms with E-state index in [9.17, 15) is 4.79 Å².